The smallest absolute Gasteiger partial charge is 0.278 e. The molecule has 0 bridgehead atoms. The summed E-state index contributed by atoms with van der Waals surface area (Å²) in [5.74, 6) is 0.880. The van der Waals surface area contributed by atoms with Crippen molar-refractivity contribution in [3.8, 4) is 11.4 Å². The number of carbonyl (C=O) groups is 1. The number of nitrogens with one attached hydrogen (secondary N) is 2. The summed E-state index contributed by atoms with van der Waals surface area (Å²) in [6, 6.07) is 9.12. The Hall–Kier alpha value is -2.67. The van der Waals surface area contributed by atoms with Gasteiger partial charge in [0.2, 0.25) is 5.95 Å². The zero-order valence-corrected chi connectivity index (χ0v) is 13.7. The fraction of sp³-hybridized carbons (Fsp3) is 0.250. The number of anilines is 1. The molecule has 0 aliphatic heterocycles. The van der Waals surface area contributed by atoms with Crippen molar-refractivity contribution in [2.24, 2.45) is 7.05 Å². The first-order valence-corrected chi connectivity index (χ1v) is 8.02. The lowest BCUT2D eigenvalue weighted by molar-refractivity contribution is 0.102. The van der Waals surface area contributed by atoms with Gasteiger partial charge in [0.25, 0.3) is 5.91 Å². The number of aryl methyl sites for hydroxylation is 1. The van der Waals surface area contributed by atoms with Crippen molar-refractivity contribution in [1.29, 1.82) is 0 Å². The molecule has 1 amide bonds. The fourth-order valence-corrected chi connectivity index (χ4v) is 2.84. The summed E-state index contributed by atoms with van der Waals surface area (Å²) in [5, 5.41) is 14.3. The minimum atomic E-state index is -0.331. The molecule has 0 atom stereocenters. The van der Waals surface area contributed by atoms with Crippen LogP contribution in [-0.2, 0) is 7.05 Å². The van der Waals surface area contributed by atoms with Crippen LogP contribution < -0.4 is 5.32 Å². The van der Waals surface area contributed by atoms with Gasteiger partial charge >= 0.3 is 0 Å². The van der Waals surface area contributed by atoms with Gasteiger partial charge in [0, 0.05) is 24.2 Å². The first-order chi connectivity index (χ1) is 11.6. The molecular weight excluding hydrogens is 328 g/mol. The van der Waals surface area contributed by atoms with Gasteiger partial charge in [-0.2, -0.15) is 10.1 Å². The molecule has 1 fully saturated rings. The van der Waals surface area contributed by atoms with Crippen molar-refractivity contribution in [3.63, 3.8) is 0 Å². The highest BCUT2D eigenvalue weighted by Gasteiger charge is 2.28. The predicted molar refractivity (Wildman–Crippen MR) is 90.0 cm³/mol. The molecule has 0 spiro atoms. The summed E-state index contributed by atoms with van der Waals surface area (Å²) >= 11 is 6.14. The van der Waals surface area contributed by atoms with Crippen LogP contribution in [0.1, 0.15) is 34.9 Å². The molecule has 0 unspecified atom stereocenters. The lowest BCUT2D eigenvalue weighted by Gasteiger charge is -1.98. The Kier molecular flexibility index (Phi) is 3.57. The molecule has 0 radical (unpaired) electrons. The van der Waals surface area contributed by atoms with Gasteiger partial charge in [0.1, 0.15) is 0 Å². The molecule has 1 aromatic carbocycles. The second kappa shape index (κ2) is 5.76. The van der Waals surface area contributed by atoms with E-state index in [1.165, 1.54) is 0 Å². The van der Waals surface area contributed by atoms with Crippen molar-refractivity contribution < 1.29 is 4.79 Å². The molecule has 4 rings (SSSR count). The lowest BCUT2D eigenvalue weighted by atomic mass is 10.2. The molecule has 1 saturated carbocycles. The maximum absolute atomic E-state index is 12.3. The van der Waals surface area contributed by atoms with Gasteiger partial charge in [-0.15, -0.1) is 5.10 Å². The summed E-state index contributed by atoms with van der Waals surface area (Å²) in [7, 11) is 1.85. The minimum absolute atomic E-state index is 0.188. The van der Waals surface area contributed by atoms with Crippen LogP contribution >= 0.6 is 11.6 Å². The van der Waals surface area contributed by atoms with Crippen molar-refractivity contribution in [2.75, 3.05) is 5.32 Å². The number of aromatic amines is 1. The van der Waals surface area contributed by atoms with E-state index >= 15 is 0 Å². The fourth-order valence-electron chi connectivity index (χ4n) is 2.61. The maximum Gasteiger partial charge on any atom is 0.278 e. The quantitative estimate of drug-likeness (QED) is 0.762. The molecule has 2 aromatic heterocycles. The van der Waals surface area contributed by atoms with Crippen LogP contribution in [0.15, 0.2) is 30.3 Å². The van der Waals surface area contributed by atoms with Crippen molar-refractivity contribution in [1.82, 2.24) is 25.0 Å². The van der Waals surface area contributed by atoms with Gasteiger partial charge in [-0.1, -0.05) is 23.7 Å². The third-order valence-corrected chi connectivity index (χ3v) is 4.31. The van der Waals surface area contributed by atoms with Gasteiger partial charge in [-0.3, -0.25) is 19.9 Å². The highest BCUT2D eigenvalue weighted by Crippen LogP contribution is 2.39. The van der Waals surface area contributed by atoms with E-state index in [1.54, 1.807) is 10.7 Å². The molecule has 122 valence electrons. The minimum Gasteiger partial charge on any atom is -0.288 e. The van der Waals surface area contributed by atoms with Crippen LogP contribution in [0.2, 0.25) is 5.02 Å². The zero-order chi connectivity index (χ0) is 16.7. The largest absolute Gasteiger partial charge is 0.288 e. The SMILES string of the molecule is Cn1nc(C(=O)Nc2n[nH]c(-c3ccccc3Cl)n2)cc1C1CC1. The van der Waals surface area contributed by atoms with Crippen LogP contribution in [0.25, 0.3) is 11.4 Å². The summed E-state index contributed by atoms with van der Waals surface area (Å²) < 4.78 is 1.76. The summed E-state index contributed by atoms with van der Waals surface area (Å²) in [5.41, 5.74) is 2.18. The zero-order valence-electron chi connectivity index (χ0n) is 13.0. The predicted octanol–water partition coefficient (Wildman–Crippen LogP) is 2.99. The molecule has 1 aliphatic carbocycles. The Bertz CT molecular complexity index is 911. The Morgan fingerprint density at radius 2 is 2.17 bits per heavy atom. The van der Waals surface area contributed by atoms with Gasteiger partial charge in [0.15, 0.2) is 11.5 Å². The lowest BCUT2D eigenvalue weighted by Crippen LogP contribution is -2.14. The number of nitrogens with zero attached hydrogens (tertiary/aromatic N) is 4. The van der Waals surface area contributed by atoms with Crippen molar-refractivity contribution >= 4 is 23.5 Å². The molecule has 2 N–H and O–H groups in total. The number of aromatic nitrogens is 5. The van der Waals surface area contributed by atoms with Gasteiger partial charge < -0.3 is 0 Å². The molecule has 8 heteroatoms. The molecule has 0 saturated heterocycles. The van der Waals surface area contributed by atoms with Crippen molar-refractivity contribution in [3.05, 3.63) is 46.7 Å². The normalized spacial score (nSPS) is 13.9. The molecule has 1 aliphatic rings. The number of halogens is 1. The standard InChI is InChI=1S/C16H15ClN6O/c1-23-13(9-6-7-9)8-12(22-23)15(24)19-16-18-14(20-21-16)10-4-2-3-5-11(10)17/h2-5,8-9H,6-7H2,1H3,(H2,18,19,20,21,24). The number of hydrogen-bond acceptors (Lipinski definition) is 4. The van der Waals surface area contributed by atoms with E-state index in [1.807, 2.05) is 31.3 Å². The van der Waals surface area contributed by atoms with Crippen LogP contribution in [0, 0.1) is 0 Å². The summed E-state index contributed by atoms with van der Waals surface area (Å²) in [6.07, 6.45) is 2.31. The van der Waals surface area contributed by atoms with Gasteiger partial charge in [-0.05, 0) is 31.0 Å². The molecule has 24 heavy (non-hydrogen) atoms. The molecule has 3 aromatic rings. The molecule has 7 nitrogen and oxygen atoms in total. The Balaban J connectivity index is 1.52. The molecular formula is C16H15ClN6O. The van der Waals surface area contributed by atoms with E-state index in [0.717, 1.165) is 24.1 Å². The average molecular weight is 343 g/mol. The third-order valence-electron chi connectivity index (χ3n) is 3.98. The van der Waals surface area contributed by atoms with Crippen LogP contribution in [-0.4, -0.2) is 30.9 Å². The highest BCUT2D eigenvalue weighted by atomic mass is 35.5. The van der Waals surface area contributed by atoms with E-state index in [9.17, 15) is 4.79 Å². The number of benzene rings is 1. The van der Waals surface area contributed by atoms with E-state index in [0.29, 0.717) is 22.5 Å². The number of carbonyl (C=O) groups excluding carboxylic acids is 1. The van der Waals surface area contributed by atoms with Gasteiger partial charge in [-0.25, -0.2) is 0 Å². The van der Waals surface area contributed by atoms with Crippen LogP contribution in [0.3, 0.4) is 0 Å². The monoisotopic (exact) mass is 342 g/mol. The maximum atomic E-state index is 12.3. The Labute approximate surface area is 143 Å². The second-order valence-corrected chi connectivity index (χ2v) is 6.20. The highest BCUT2D eigenvalue weighted by molar-refractivity contribution is 6.33. The Morgan fingerprint density at radius 1 is 1.38 bits per heavy atom. The third kappa shape index (κ3) is 2.78. The van der Waals surface area contributed by atoms with E-state index in [2.05, 4.69) is 25.6 Å². The number of rotatable bonds is 4. The number of hydrogen-bond donors (Lipinski definition) is 2. The van der Waals surface area contributed by atoms with E-state index in [4.69, 9.17) is 11.6 Å². The van der Waals surface area contributed by atoms with Crippen LogP contribution in [0.4, 0.5) is 5.95 Å². The number of H-pyrrole nitrogens is 1. The second-order valence-electron chi connectivity index (χ2n) is 5.79. The van der Waals surface area contributed by atoms with E-state index < -0.39 is 0 Å². The first-order valence-electron chi connectivity index (χ1n) is 7.64. The summed E-state index contributed by atoms with van der Waals surface area (Å²) in [4.78, 5) is 16.6. The van der Waals surface area contributed by atoms with Crippen molar-refractivity contribution in [2.45, 2.75) is 18.8 Å². The van der Waals surface area contributed by atoms with Gasteiger partial charge in [0.05, 0.1) is 5.02 Å². The molecule has 2 heterocycles. The topological polar surface area (TPSA) is 88.5 Å². The Morgan fingerprint density at radius 3 is 2.92 bits per heavy atom. The first kappa shape index (κ1) is 14.9. The van der Waals surface area contributed by atoms with E-state index in [-0.39, 0.29) is 11.9 Å². The van der Waals surface area contributed by atoms with Crippen LogP contribution in [0.5, 0.6) is 0 Å². The summed E-state index contributed by atoms with van der Waals surface area (Å²) in [6.45, 7) is 0. The average Bonchev–Trinajstić information content (AvgIpc) is 3.18. The number of amides is 1.